The van der Waals surface area contributed by atoms with E-state index in [1.165, 1.54) is 57.8 Å². The van der Waals surface area contributed by atoms with Crippen LogP contribution in [0.1, 0.15) is 84.0 Å². The molecule has 4 heteroatoms. The van der Waals surface area contributed by atoms with E-state index < -0.39 is 8.25 Å². The van der Waals surface area contributed by atoms with Crippen molar-refractivity contribution in [1.29, 1.82) is 0 Å². The molecule has 0 spiro atoms. The molecule has 0 bridgehead atoms. The van der Waals surface area contributed by atoms with Gasteiger partial charge in [0.1, 0.15) is 6.61 Å². The maximum atomic E-state index is 10.3. The van der Waals surface area contributed by atoms with Crippen LogP contribution in [0.15, 0.2) is 24.3 Å². The van der Waals surface area contributed by atoms with Crippen LogP contribution in [0.3, 0.4) is 0 Å². The van der Waals surface area contributed by atoms with Crippen molar-refractivity contribution in [1.82, 2.24) is 0 Å². The van der Waals surface area contributed by atoms with Crippen molar-refractivity contribution < 1.29 is 14.0 Å². The van der Waals surface area contributed by atoms with Crippen LogP contribution in [0.4, 0.5) is 0 Å². The van der Waals surface area contributed by atoms with Crippen LogP contribution < -0.4 is 0 Å². The van der Waals surface area contributed by atoms with Crippen molar-refractivity contribution in [2.45, 2.75) is 84.0 Å². The Morgan fingerprint density at radius 3 is 1.95 bits per heavy atom. The fourth-order valence-electron chi connectivity index (χ4n) is 2.22. The lowest BCUT2D eigenvalue weighted by Gasteiger charge is -1.99. The summed E-state index contributed by atoms with van der Waals surface area (Å²) in [6.07, 6.45) is 23.5. The lowest BCUT2D eigenvalue weighted by molar-refractivity contribution is 0.273. The van der Waals surface area contributed by atoms with Gasteiger partial charge in [0.2, 0.25) is 0 Å². The van der Waals surface area contributed by atoms with Crippen LogP contribution in [0.5, 0.6) is 0 Å². The van der Waals surface area contributed by atoms with E-state index >= 15 is 0 Å². The van der Waals surface area contributed by atoms with Gasteiger partial charge in [0.15, 0.2) is 0 Å². The molecule has 0 heterocycles. The Hall–Kier alpha value is -0.500. The molecule has 1 N–H and O–H groups in total. The molecule has 0 aromatic carbocycles. The summed E-state index contributed by atoms with van der Waals surface area (Å²) in [6.45, 7) is 2.63. The Morgan fingerprint density at radius 1 is 0.818 bits per heavy atom. The predicted octanol–water partition coefficient (Wildman–Crippen LogP) is 6.47. The Kier molecular flexibility index (Phi) is 18.1. The minimum atomic E-state index is -2.40. The predicted molar refractivity (Wildman–Crippen MR) is 95.1 cm³/mol. The molecule has 128 valence electrons. The summed E-state index contributed by atoms with van der Waals surface area (Å²) in [6, 6.07) is 0. The van der Waals surface area contributed by atoms with Gasteiger partial charge in [-0.1, -0.05) is 76.2 Å². The third-order valence-electron chi connectivity index (χ3n) is 3.55. The molecule has 22 heavy (non-hydrogen) atoms. The molecule has 0 amide bonds. The number of unbranched alkanes of at least 4 members (excludes halogenated alkanes) is 9. The van der Waals surface area contributed by atoms with Gasteiger partial charge in [-0.05, 0) is 32.1 Å². The zero-order chi connectivity index (χ0) is 16.3. The highest BCUT2D eigenvalue weighted by molar-refractivity contribution is 7.32. The first-order valence-electron chi connectivity index (χ1n) is 8.86. The van der Waals surface area contributed by atoms with Gasteiger partial charge in [-0.25, -0.2) is 0 Å². The molecule has 1 unspecified atom stereocenters. The van der Waals surface area contributed by atoms with E-state index in [-0.39, 0.29) is 0 Å². The number of hydrogen-bond acceptors (Lipinski definition) is 2. The minimum Gasteiger partial charge on any atom is -0.133 e. The van der Waals surface area contributed by atoms with E-state index in [2.05, 4.69) is 35.8 Å². The number of hydrogen-bond donors (Lipinski definition) is 1. The Bertz CT molecular complexity index is 301. The van der Waals surface area contributed by atoms with Gasteiger partial charge >= 0.3 is 8.25 Å². The standard InChI is InChI=1S/C18H33O3P/c1-2-3-4-5-6-7-8-9-10-11-12-13-14-15-16-17-18-21-22(19)20/h5-6,8-9H,2-4,7,10-18H2,1H3/p+1. The SMILES string of the molecule is CCCCC=CCC=CCCCCCCCCCO[P+](=O)O. The molecule has 0 aromatic rings. The third kappa shape index (κ3) is 19.5. The van der Waals surface area contributed by atoms with Crippen LogP contribution in [-0.2, 0) is 9.09 Å². The first-order valence-corrected chi connectivity index (χ1v) is 9.99. The second-order valence-corrected chi connectivity index (χ2v) is 6.39. The molecular formula is C18H34O3P+. The smallest absolute Gasteiger partial charge is 0.133 e. The van der Waals surface area contributed by atoms with Crippen molar-refractivity contribution in [2.24, 2.45) is 0 Å². The quantitative estimate of drug-likeness (QED) is 0.201. The highest BCUT2D eigenvalue weighted by atomic mass is 31.1. The maximum Gasteiger partial charge on any atom is 0.694 e. The van der Waals surface area contributed by atoms with Crippen LogP contribution in [0.25, 0.3) is 0 Å². The van der Waals surface area contributed by atoms with Crippen LogP contribution in [0.2, 0.25) is 0 Å². The summed E-state index contributed by atoms with van der Waals surface area (Å²) in [5, 5.41) is 0. The molecule has 0 saturated carbocycles. The highest BCUT2D eigenvalue weighted by Gasteiger charge is 2.09. The maximum absolute atomic E-state index is 10.3. The zero-order valence-electron chi connectivity index (χ0n) is 14.2. The molecule has 0 radical (unpaired) electrons. The van der Waals surface area contributed by atoms with Crippen molar-refractivity contribution in [2.75, 3.05) is 6.61 Å². The average molecular weight is 329 g/mol. The summed E-state index contributed by atoms with van der Waals surface area (Å²) in [4.78, 5) is 8.46. The molecule has 1 atom stereocenters. The molecule has 0 rings (SSSR count). The molecule has 0 fully saturated rings. The van der Waals surface area contributed by atoms with Crippen molar-refractivity contribution in [3.05, 3.63) is 24.3 Å². The second kappa shape index (κ2) is 18.5. The topological polar surface area (TPSA) is 46.5 Å². The van der Waals surface area contributed by atoms with Crippen molar-refractivity contribution >= 4 is 8.25 Å². The van der Waals surface area contributed by atoms with E-state index in [0.717, 1.165) is 19.3 Å². The highest BCUT2D eigenvalue weighted by Crippen LogP contribution is 2.16. The zero-order valence-corrected chi connectivity index (χ0v) is 15.1. The Morgan fingerprint density at radius 2 is 1.36 bits per heavy atom. The lowest BCUT2D eigenvalue weighted by atomic mass is 10.1. The largest absolute Gasteiger partial charge is 0.694 e. The van der Waals surface area contributed by atoms with Crippen molar-refractivity contribution in [3.63, 3.8) is 0 Å². The first kappa shape index (κ1) is 21.5. The van der Waals surface area contributed by atoms with Gasteiger partial charge in [-0.3, -0.25) is 0 Å². The Labute approximate surface area is 137 Å². The van der Waals surface area contributed by atoms with Crippen LogP contribution in [-0.4, -0.2) is 11.5 Å². The van der Waals surface area contributed by atoms with Crippen LogP contribution in [0, 0.1) is 0 Å². The van der Waals surface area contributed by atoms with Crippen LogP contribution >= 0.6 is 8.25 Å². The molecule has 0 aliphatic rings. The third-order valence-corrected chi connectivity index (χ3v) is 3.95. The van der Waals surface area contributed by atoms with Gasteiger partial charge < -0.3 is 0 Å². The lowest BCUT2D eigenvalue weighted by Crippen LogP contribution is -1.87. The second-order valence-electron chi connectivity index (χ2n) is 5.66. The Balaban J connectivity index is 3.13. The van der Waals surface area contributed by atoms with Gasteiger partial charge in [-0.2, -0.15) is 0 Å². The molecule has 0 aromatic heterocycles. The summed E-state index contributed by atoms with van der Waals surface area (Å²) in [5.74, 6) is 0. The van der Waals surface area contributed by atoms with E-state index in [1.54, 1.807) is 0 Å². The first-order chi connectivity index (χ1) is 10.8. The minimum absolute atomic E-state index is 0.406. The summed E-state index contributed by atoms with van der Waals surface area (Å²) < 4.78 is 14.9. The van der Waals surface area contributed by atoms with Gasteiger partial charge in [0.05, 0.1) is 0 Å². The summed E-state index contributed by atoms with van der Waals surface area (Å²) in [5.41, 5.74) is 0. The molecule has 0 saturated heterocycles. The number of rotatable bonds is 16. The van der Waals surface area contributed by atoms with Gasteiger partial charge in [0.25, 0.3) is 0 Å². The molecular weight excluding hydrogens is 295 g/mol. The van der Waals surface area contributed by atoms with Crippen molar-refractivity contribution in [3.8, 4) is 0 Å². The van der Waals surface area contributed by atoms with E-state index in [9.17, 15) is 4.57 Å². The number of allylic oxidation sites excluding steroid dienone is 4. The van der Waals surface area contributed by atoms with E-state index in [1.807, 2.05) is 0 Å². The van der Waals surface area contributed by atoms with E-state index in [4.69, 9.17) is 4.89 Å². The summed E-state index contributed by atoms with van der Waals surface area (Å²) >= 11 is 0. The summed E-state index contributed by atoms with van der Waals surface area (Å²) in [7, 11) is -2.40. The molecule has 0 aliphatic heterocycles. The fourth-order valence-corrected chi connectivity index (χ4v) is 2.50. The monoisotopic (exact) mass is 329 g/mol. The average Bonchev–Trinajstić information content (AvgIpc) is 2.50. The van der Waals surface area contributed by atoms with Gasteiger partial charge in [-0.15, -0.1) is 9.42 Å². The normalized spacial score (nSPS) is 12.5. The molecule has 0 aliphatic carbocycles. The van der Waals surface area contributed by atoms with E-state index in [0.29, 0.717) is 6.61 Å². The molecule has 3 nitrogen and oxygen atoms in total. The van der Waals surface area contributed by atoms with Gasteiger partial charge in [0, 0.05) is 4.57 Å². The fraction of sp³-hybridized carbons (Fsp3) is 0.778.